The monoisotopic (exact) mass is 279 g/mol. The third-order valence-electron chi connectivity index (χ3n) is 2.52. The average molecular weight is 279 g/mol. The third-order valence-corrected chi connectivity index (χ3v) is 3.24. The van der Waals surface area contributed by atoms with Crippen molar-refractivity contribution in [3.8, 4) is 17.2 Å². The maximum Gasteiger partial charge on any atom is 0.288 e. The second-order valence-corrected chi connectivity index (χ2v) is 4.74. The highest BCUT2D eigenvalue weighted by molar-refractivity contribution is 7.99. The lowest BCUT2D eigenvalue weighted by Gasteiger charge is -2.06. The first-order valence-electron chi connectivity index (χ1n) is 5.35. The summed E-state index contributed by atoms with van der Waals surface area (Å²) >= 11 is 0.443. The maximum atomic E-state index is 13.5. The zero-order valence-electron chi connectivity index (χ0n) is 9.61. The summed E-state index contributed by atoms with van der Waals surface area (Å²) in [6.45, 7) is 0. The Kier molecular flexibility index (Phi) is 4.13. The molecule has 0 aliphatic heterocycles. The van der Waals surface area contributed by atoms with E-state index in [1.165, 1.54) is 24.3 Å². The van der Waals surface area contributed by atoms with E-state index in [0.717, 1.165) is 0 Å². The summed E-state index contributed by atoms with van der Waals surface area (Å²) in [5.41, 5.74) is 1.03. The van der Waals surface area contributed by atoms with Crippen LogP contribution in [0.25, 0.3) is 11.1 Å². The van der Waals surface area contributed by atoms with Crippen LogP contribution in [0.3, 0.4) is 0 Å². The Labute approximate surface area is 112 Å². The van der Waals surface area contributed by atoms with Gasteiger partial charge in [-0.3, -0.25) is 0 Å². The van der Waals surface area contributed by atoms with Gasteiger partial charge in [-0.15, -0.1) is 0 Å². The van der Waals surface area contributed by atoms with Crippen LogP contribution < -0.4 is 0 Å². The first kappa shape index (κ1) is 13.5. The highest BCUT2D eigenvalue weighted by atomic mass is 32.2. The van der Waals surface area contributed by atoms with E-state index >= 15 is 0 Å². The van der Waals surface area contributed by atoms with Gasteiger partial charge in [0.1, 0.15) is 11.9 Å². The largest absolute Gasteiger partial charge is 0.288 e. The highest BCUT2D eigenvalue weighted by Gasteiger charge is 2.10. The number of hydrogen-bond donors (Lipinski definition) is 0. The van der Waals surface area contributed by atoms with Gasteiger partial charge in [-0.1, -0.05) is 36.0 Å². The van der Waals surface area contributed by atoms with E-state index in [1.54, 1.807) is 18.2 Å². The van der Waals surface area contributed by atoms with Crippen molar-refractivity contribution in [1.82, 2.24) is 0 Å². The molecule has 0 aliphatic rings. The summed E-state index contributed by atoms with van der Waals surface area (Å²) < 4.78 is 37.8. The number of benzene rings is 2. The minimum absolute atomic E-state index is 0.0447. The Balaban J connectivity index is 2.38. The Morgan fingerprint density at radius 1 is 1.05 bits per heavy atom. The summed E-state index contributed by atoms with van der Waals surface area (Å²) in [6, 6.07) is 12.4. The van der Waals surface area contributed by atoms with Crippen LogP contribution in [0.2, 0.25) is 0 Å². The predicted molar refractivity (Wildman–Crippen MR) is 68.4 cm³/mol. The maximum absolute atomic E-state index is 13.5. The van der Waals surface area contributed by atoms with Crippen LogP contribution in [0, 0.1) is 17.1 Å². The van der Waals surface area contributed by atoms with Crippen molar-refractivity contribution < 1.29 is 13.2 Å². The molecule has 0 aromatic heterocycles. The van der Waals surface area contributed by atoms with Gasteiger partial charge >= 0.3 is 0 Å². The van der Waals surface area contributed by atoms with Crippen molar-refractivity contribution in [2.75, 3.05) is 0 Å². The lowest BCUT2D eigenvalue weighted by molar-refractivity contribution is 0.252. The van der Waals surface area contributed by atoms with E-state index in [4.69, 9.17) is 5.26 Å². The van der Waals surface area contributed by atoms with Gasteiger partial charge in [0.05, 0.1) is 5.56 Å². The van der Waals surface area contributed by atoms with E-state index in [9.17, 15) is 13.2 Å². The Bertz CT molecular complexity index is 618. The summed E-state index contributed by atoms with van der Waals surface area (Å²) in [6.07, 6.45) is 0. The van der Waals surface area contributed by atoms with E-state index in [0.29, 0.717) is 27.8 Å². The summed E-state index contributed by atoms with van der Waals surface area (Å²) in [5, 5.41) is 8.94. The van der Waals surface area contributed by atoms with Crippen LogP contribution in [0.4, 0.5) is 13.2 Å². The fraction of sp³-hybridized carbons (Fsp3) is 0.0714. The van der Waals surface area contributed by atoms with Crippen LogP contribution in [-0.4, -0.2) is 5.76 Å². The molecule has 0 N–H and O–H groups in total. The zero-order valence-corrected chi connectivity index (χ0v) is 10.4. The molecule has 0 amide bonds. The standard InChI is InChI=1S/C14H8F3NS/c15-13-3-1-2-11(12(13)8-18)9-4-6-10(7-5-9)19-14(16)17/h1-7,14H. The second-order valence-electron chi connectivity index (χ2n) is 3.68. The molecule has 19 heavy (non-hydrogen) atoms. The van der Waals surface area contributed by atoms with E-state index < -0.39 is 11.6 Å². The smallest absolute Gasteiger partial charge is 0.206 e. The minimum atomic E-state index is -2.48. The molecule has 0 fully saturated rings. The molecule has 0 unspecified atom stereocenters. The number of alkyl halides is 2. The van der Waals surface area contributed by atoms with Crippen LogP contribution in [-0.2, 0) is 0 Å². The molecule has 5 heteroatoms. The Morgan fingerprint density at radius 3 is 2.32 bits per heavy atom. The molecule has 0 heterocycles. The van der Waals surface area contributed by atoms with Crippen molar-refractivity contribution in [2.45, 2.75) is 10.7 Å². The van der Waals surface area contributed by atoms with Crippen molar-refractivity contribution in [1.29, 1.82) is 5.26 Å². The average Bonchev–Trinajstić information content (AvgIpc) is 2.38. The van der Waals surface area contributed by atoms with Crippen LogP contribution in [0.5, 0.6) is 0 Å². The van der Waals surface area contributed by atoms with Gasteiger partial charge in [-0.2, -0.15) is 14.0 Å². The van der Waals surface area contributed by atoms with Gasteiger partial charge in [-0.05, 0) is 23.8 Å². The molecule has 2 aromatic rings. The fourth-order valence-corrected chi connectivity index (χ4v) is 2.19. The van der Waals surface area contributed by atoms with Gasteiger partial charge in [0.25, 0.3) is 5.76 Å². The molecular weight excluding hydrogens is 271 g/mol. The fourth-order valence-electron chi connectivity index (χ4n) is 1.69. The van der Waals surface area contributed by atoms with E-state index in [2.05, 4.69) is 0 Å². The molecule has 0 atom stereocenters. The van der Waals surface area contributed by atoms with Crippen LogP contribution in [0.15, 0.2) is 47.4 Å². The van der Waals surface area contributed by atoms with Gasteiger partial charge in [-0.25, -0.2) is 4.39 Å². The summed E-state index contributed by atoms with van der Waals surface area (Å²) in [7, 11) is 0. The van der Waals surface area contributed by atoms with Crippen molar-refractivity contribution in [3.05, 3.63) is 53.8 Å². The molecule has 0 saturated heterocycles. The molecule has 2 rings (SSSR count). The lowest BCUT2D eigenvalue weighted by Crippen LogP contribution is -1.89. The predicted octanol–water partition coefficient (Wildman–Crippen LogP) is 4.68. The SMILES string of the molecule is N#Cc1c(F)cccc1-c1ccc(SC(F)F)cc1. The lowest BCUT2D eigenvalue weighted by atomic mass is 10.0. The van der Waals surface area contributed by atoms with Crippen molar-refractivity contribution in [3.63, 3.8) is 0 Å². The third kappa shape index (κ3) is 3.09. The van der Waals surface area contributed by atoms with Crippen molar-refractivity contribution in [2.24, 2.45) is 0 Å². The Morgan fingerprint density at radius 2 is 1.74 bits per heavy atom. The van der Waals surface area contributed by atoms with Crippen LogP contribution in [0.1, 0.15) is 5.56 Å². The molecule has 0 aliphatic carbocycles. The summed E-state index contributed by atoms with van der Waals surface area (Å²) in [4.78, 5) is 0.425. The highest BCUT2D eigenvalue weighted by Crippen LogP contribution is 2.29. The molecule has 0 radical (unpaired) electrons. The topological polar surface area (TPSA) is 23.8 Å². The molecule has 0 spiro atoms. The molecule has 0 bridgehead atoms. The zero-order chi connectivity index (χ0) is 13.8. The van der Waals surface area contributed by atoms with Crippen LogP contribution >= 0.6 is 11.8 Å². The van der Waals surface area contributed by atoms with Gasteiger partial charge < -0.3 is 0 Å². The van der Waals surface area contributed by atoms with E-state index in [-0.39, 0.29) is 5.56 Å². The number of nitriles is 1. The van der Waals surface area contributed by atoms with Gasteiger partial charge in [0.2, 0.25) is 0 Å². The minimum Gasteiger partial charge on any atom is -0.206 e. The number of rotatable bonds is 3. The Hall–Kier alpha value is -1.93. The van der Waals surface area contributed by atoms with Crippen molar-refractivity contribution >= 4 is 11.8 Å². The molecular formula is C14H8F3NS. The normalized spacial score (nSPS) is 10.5. The number of halogens is 3. The molecule has 96 valence electrons. The van der Waals surface area contributed by atoms with Gasteiger partial charge in [0, 0.05) is 10.5 Å². The number of hydrogen-bond acceptors (Lipinski definition) is 2. The van der Waals surface area contributed by atoms with Gasteiger partial charge in [0.15, 0.2) is 0 Å². The number of thioether (sulfide) groups is 1. The first-order chi connectivity index (χ1) is 9.11. The number of nitrogens with zero attached hydrogens (tertiary/aromatic N) is 1. The molecule has 2 aromatic carbocycles. The molecule has 0 saturated carbocycles. The van der Waals surface area contributed by atoms with E-state index in [1.807, 2.05) is 6.07 Å². The second kappa shape index (κ2) is 5.81. The summed E-state index contributed by atoms with van der Waals surface area (Å²) in [5.74, 6) is -3.07. The quantitative estimate of drug-likeness (QED) is 0.762. The molecule has 1 nitrogen and oxygen atoms in total. The first-order valence-corrected chi connectivity index (χ1v) is 6.23.